The first-order chi connectivity index (χ1) is 7.27. The first-order valence-corrected chi connectivity index (χ1v) is 5.74. The van der Waals surface area contributed by atoms with Gasteiger partial charge in [0.25, 0.3) is 0 Å². The summed E-state index contributed by atoms with van der Waals surface area (Å²) in [4.78, 5) is 10.9. The average molecular weight is 215 g/mol. The van der Waals surface area contributed by atoms with Gasteiger partial charge in [0.15, 0.2) is 0 Å². The van der Waals surface area contributed by atoms with Crippen molar-refractivity contribution in [1.29, 1.82) is 0 Å². The maximum absolute atomic E-state index is 10.9. The molecule has 1 saturated carbocycles. The van der Waals surface area contributed by atoms with Crippen LogP contribution in [-0.4, -0.2) is 38.4 Å². The van der Waals surface area contributed by atoms with Crippen molar-refractivity contribution in [2.24, 2.45) is 5.92 Å². The minimum absolute atomic E-state index is 0.0669. The Labute approximate surface area is 91.3 Å². The van der Waals surface area contributed by atoms with E-state index in [4.69, 9.17) is 9.47 Å². The molecule has 0 bridgehead atoms. The third kappa shape index (κ3) is 5.14. The molecule has 0 aliphatic heterocycles. The van der Waals surface area contributed by atoms with Crippen molar-refractivity contribution < 1.29 is 14.3 Å². The fourth-order valence-corrected chi connectivity index (χ4v) is 1.62. The lowest BCUT2D eigenvalue weighted by Crippen LogP contribution is -2.24. The van der Waals surface area contributed by atoms with Crippen LogP contribution >= 0.6 is 0 Å². The van der Waals surface area contributed by atoms with Crippen molar-refractivity contribution in [3.8, 4) is 0 Å². The molecule has 15 heavy (non-hydrogen) atoms. The first kappa shape index (κ1) is 12.5. The number of carbonyl (C=O) groups excluding carboxylic acids is 1. The predicted octanol–water partition coefficient (Wildman–Crippen LogP) is 0.954. The largest absolute Gasteiger partial charge is 0.464 e. The Kier molecular flexibility index (Phi) is 5.65. The molecule has 1 aliphatic rings. The summed E-state index contributed by atoms with van der Waals surface area (Å²) in [6.07, 6.45) is 2.54. The molecule has 0 aromatic heterocycles. The van der Waals surface area contributed by atoms with E-state index < -0.39 is 0 Å². The zero-order valence-corrected chi connectivity index (χ0v) is 9.62. The van der Waals surface area contributed by atoms with Crippen LogP contribution in [0.15, 0.2) is 0 Å². The Morgan fingerprint density at radius 1 is 1.47 bits per heavy atom. The normalized spacial score (nSPS) is 23.9. The summed E-state index contributed by atoms with van der Waals surface area (Å²) in [5.74, 6) is 0.574. The lowest BCUT2D eigenvalue weighted by atomic mass is 10.3. The van der Waals surface area contributed by atoms with Crippen molar-refractivity contribution in [2.75, 3.05) is 26.4 Å². The van der Waals surface area contributed by atoms with Gasteiger partial charge in [-0.2, -0.15) is 0 Å². The number of nitrogens with one attached hydrogen (secondary N) is 1. The van der Waals surface area contributed by atoms with Crippen molar-refractivity contribution in [1.82, 2.24) is 5.32 Å². The fourth-order valence-electron chi connectivity index (χ4n) is 1.62. The van der Waals surface area contributed by atoms with Crippen molar-refractivity contribution in [3.63, 3.8) is 0 Å². The summed E-state index contributed by atoms with van der Waals surface area (Å²) in [5.41, 5.74) is 0. The van der Waals surface area contributed by atoms with Gasteiger partial charge in [-0.25, -0.2) is 4.79 Å². The van der Waals surface area contributed by atoms with Crippen LogP contribution in [0.2, 0.25) is 0 Å². The lowest BCUT2D eigenvalue weighted by Gasteiger charge is -2.05. The highest BCUT2D eigenvalue weighted by Gasteiger charge is 2.34. The highest BCUT2D eigenvalue weighted by molar-refractivity contribution is 5.70. The average Bonchev–Trinajstić information content (AvgIpc) is 2.96. The van der Waals surface area contributed by atoms with Crippen LogP contribution in [0.3, 0.4) is 0 Å². The summed E-state index contributed by atoms with van der Waals surface area (Å²) in [5, 5.41) is 3.39. The number of hydrogen-bond donors (Lipinski definition) is 1. The molecule has 0 amide bonds. The van der Waals surface area contributed by atoms with E-state index in [0.29, 0.717) is 19.3 Å². The monoisotopic (exact) mass is 215 g/mol. The highest BCUT2D eigenvalue weighted by atomic mass is 16.6. The zero-order chi connectivity index (χ0) is 11.1. The van der Waals surface area contributed by atoms with Gasteiger partial charge < -0.3 is 14.8 Å². The van der Waals surface area contributed by atoms with Gasteiger partial charge in [0.05, 0.1) is 13.2 Å². The van der Waals surface area contributed by atoms with Crippen LogP contribution in [0.1, 0.15) is 26.7 Å². The Balaban J connectivity index is 1.83. The van der Waals surface area contributed by atoms with Crippen molar-refractivity contribution >= 4 is 5.97 Å². The molecule has 88 valence electrons. The molecule has 0 heterocycles. The molecule has 4 nitrogen and oxygen atoms in total. The zero-order valence-electron chi connectivity index (χ0n) is 9.62. The van der Waals surface area contributed by atoms with Gasteiger partial charge in [-0.05, 0) is 19.3 Å². The Morgan fingerprint density at radius 2 is 2.27 bits per heavy atom. The highest BCUT2D eigenvalue weighted by Crippen LogP contribution is 2.32. The molecule has 1 fully saturated rings. The predicted molar refractivity (Wildman–Crippen MR) is 57.6 cm³/mol. The molecule has 0 radical (unpaired) electrons. The number of esters is 1. The van der Waals surface area contributed by atoms with Crippen LogP contribution in [0, 0.1) is 5.92 Å². The number of ether oxygens (including phenoxy) is 2. The van der Waals surface area contributed by atoms with Gasteiger partial charge >= 0.3 is 5.97 Å². The second kappa shape index (κ2) is 6.80. The SMILES string of the molecule is CCOC(=O)COCCNC1CC1CC. The minimum Gasteiger partial charge on any atom is -0.464 e. The summed E-state index contributed by atoms with van der Waals surface area (Å²) in [6.45, 7) is 5.88. The quantitative estimate of drug-likeness (QED) is 0.484. The molecular formula is C11H21NO3. The molecule has 0 aromatic carbocycles. The fraction of sp³-hybridized carbons (Fsp3) is 0.909. The van der Waals surface area contributed by atoms with Gasteiger partial charge in [0.1, 0.15) is 6.61 Å². The van der Waals surface area contributed by atoms with Crippen LogP contribution in [0.25, 0.3) is 0 Å². The van der Waals surface area contributed by atoms with Gasteiger partial charge in [-0.1, -0.05) is 13.3 Å². The van der Waals surface area contributed by atoms with Crippen LogP contribution in [0.4, 0.5) is 0 Å². The number of rotatable bonds is 8. The van der Waals surface area contributed by atoms with Gasteiger partial charge in [0, 0.05) is 12.6 Å². The molecule has 2 atom stereocenters. The number of hydrogen-bond acceptors (Lipinski definition) is 4. The standard InChI is InChI=1S/C11H21NO3/c1-3-9-7-10(9)12-5-6-14-8-11(13)15-4-2/h9-10,12H,3-8H2,1-2H3. The van der Waals surface area contributed by atoms with Crippen LogP contribution in [-0.2, 0) is 14.3 Å². The molecule has 1 rings (SSSR count). The first-order valence-electron chi connectivity index (χ1n) is 5.74. The van der Waals surface area contributed by atoms with E-state index in [1.54, 1.807) is 6.92 Å². The van der Waals surface area contributed by atoms with Crippen molar-refractivity contribution in [3.05, 3.63) is 0 Å². The van der Waals surface area contributed by atoms with Gasteiger partial charge in [-0.3, -0.25) is 0 Å². The second-order valence-corrected chi connectivity index (χ2v) is 3.82. The summed E-state index contributed by atoms with van der Waals surface area (Å²) < 4.78 is 9.89. The lowest BCUT2D eigenvalue weighted by molar-refractivity contribution is -0.148. The summed E-state index contributed by atoms with van der Waals surface area (Å²) >= 11 is 0. The van der Waals surface area contributed by atoms with Crippen LogP contribution in [0.5, 0.6) is 0 Å². The topological polar surface area (TPSA) is 47.6 Å². The van der Waals surface area contributed by atoms with E-state index in [0.717, 1.165) is 12.5 Å². The van der Waals surface area contributed by atoms with E-state index >= 15 is 0 Å². The molecule has 1 aliphatic carbocycles. The smallest absolute Gasteiger partial charge is 0.332 e. The second-order valence-electron chi connectivity index (χ2n) is 3.82. The molecule has 0 saturated heterocycles. The Morgan fingerprint density at radius 3 is 2.87 bits per heavy atom. The molecule has 0 aromatic rings. The molecular weight excluding hydrogens is 194 g/mol. The molecule has 2 unspecified atom stereocenters. The van der Waals surface area contributed by atoms with Gasteiger partial charge in [-0.15, -0.1) is 0 Å². The van der Waals surface area contributed by atoms with E-state index in [9.17, 15) is 4.79 Å². The molecule has 1 N–H and O–H groups in total. The van der Waals surface area contributed by atoms with Crippen LogP contribution < -0.4 is 5.32 Å². The Bertz CT molecular complexity index is 196. The number of carbonyl (C=O) groups is 1. The summed E-state index contributed by atoms with van der Waals surface area (Å²) in [7, 11) is 0. The van der Waals surface area contributed by atoms with E-state index in [1.165, 1.54) is 12.8 Å². The van der Waals surface area contributed by atoms with E-state index in [2.05, 4.69) is 12.2 Å². The van der Waals surface area contributed by atoms with Crippen molar-refractivity contribution in [2.45, 2.75) is 32.7 Å². The minimum atomic E-state index is -0.282. The third-order valence-electron chi connectivity index (χ3n) is 2.63. The van der Waals surface area contributed by atoms with E-state index in [1.807, 2.05) is 0 Å². The third-order valence-corrected chi connectivity index (χ3v) is 2.63. The maximum atomic E-state index is 10.9. The molecule has 0 spiro atoms. The summed E-state index contributed by atoms with van der Waals surface area (Å²) in [6, 6.07) is 0.682. The van der Waals surface area contributed by atoms with Gasteiger partial charge in [0.2, 0.25) is 0 Å². The maximum Gasteiger partial charge on any atom is 0.332 e. The molecule has 4 heteroatoms. The van der Waals surface area contributed by atoms with E-state index in [-0.39, 0.29) is 12.6 Å². The Hall–Kier alpha value is -0.610.